The lowest BCUT2D eigenvalue weighted by Crippen LogP contribution is -2.39. The number of carbonyl (C=O) groups is 1. The highest BCUT2D eigenvalue weighted by Gasteiger charge is 2.32. The predicted octanol–water partition coefficient (Wildman–Crippen LogP) is 3.22. The van der Waals surface area contributed by atoms with Gasteiger partial charge in [-0.05, 0) is 50.2 Å². The Bertz CT molecular complexity index is 736. The van der Waals surface area contributed by atoms with Gasteiger partial charge in [-0.1, -0.05) is 6.92 Å². The number of hydrogen-bond acceptors (Lipinski definition) is 5. The first-order valence-corrected chi connectivity index (χ1v) is 10.1. The lowest BCUT2D eigenvalue weighted by molar-refractivity contribution is -0.384. The van der Waals surface area contributed by atoms with Gasteiger partial charge in [0.15, 0.2) is 0 Å². The standard InChI is InChI=1S/C20H28N4O3.ClH/c1-14-6-9-22(10-7-14)18-5-2-15(12-19(18)24(26)27)20(25)23-11-8-16-3-4-17(13-23)21-16;/h2,5,12,14,16-17,21H,3-4,6-11,13H2,1H3;1H. The van der Waals surface area contributed by atoms with Gasteiger partial charge in [0.25, 0.3) is 11.6 Å². The van der Waals surface area contributed by atoms with Crippen LogP contribution in [0.25, 0.3) is 0 Å². The minimum Gasteiger partial charge on any atom is -0.366 e. The Kier molecular flexibility index (Phi) is 6.45. The van der Waals surface area contributed by atoms with Crippen LogP contribution in [-0.2, 0) is 0 Å². The molecular weight excluding hydrogens is 380 g/mol. The molecule has 1 aromatic carbocycles. The summed E-state index contributed by atoms with van der Waals surface area (Å²) in [5.41, 5.74) is 1.11. The number of nitrogens with one attached hydrogen (secondary N) is 1. The van der Waals surface area contributed by atoms with Crippen LogP contribution >= 0.6 is 12.4 Å². The molecular formula is C20H29ClN4O3. The Hall–Kier alpha value is -1.86. The highest BCUT2D eigenvalue weighted by Crippen LogP contribution is 2.33. The fourth-order valence-corrected chi connectivity index (χ4v) is 4.63. The normalized spacial score (nSPS) is 25.2. The summed E-state index contributed by atoms with van der Waals surface area (Å²) in [5, 5.41) is 15.2. The number of anilines is 1. The molecule has 28 heavy (non-hydrogen) atoms. The quantitative estimate of drug-likeness (QED) is 0.613. The maximum absolute atomic E-state index is 13.0. The predicted molar refractivity (Wildman–Crippen MR) is 111 cm³/mol. The topological polar surface area (TPSA) is 78.7 Å². The van der Waals surface area contributed by atoms with Crippen molar-refractivity contribution in [2.45, 2.75) is 51.1 Å². The summed E-state index contributed by atoms with van der Waals surface area (Å²) >= 11 is 0. The molecule has 0 saturated carbocycles. The number of nitro groups is 1. The number of benzene rings is 1. The Balaban J connectivity index is 0.00000225. The van der Waals surface area contributed by atoms with Gasteiger partial charge in [0.05, 0.1) is 4.92 Å². The number of nitro benzene ring substituents is 1. The maximum Gasteiger partial charge on any atom is 0.293 e. The summed E-state index contributed by atoms with van der Waals surface area (Å²) in [7, 11) is 0. The second-order valence-corrected chi connectivity index (χ2v) is 8.31. The van der Waals surface area contributed by atoms with E-state index < -0.39 is 0 Å². The Morgan fingerprint density at radius 1 is 1.11 bits per heavy atom. The van der Waals surface area contributed by atoms with Crippen molar-refractivity contribution in [3.8, 4) is 0 Å². The second-order valence-electron chi connectivity index (χ2n) is 8.31. The lowest BCUT2D eigenvalue weighted by atomic mass is 9.98. The van der Waals surface area contributed by atoms with E-state index in [0.29, 0.717) is 42.3 Å². The van der Waals surface area contributed by atoms with E-state index >= 15 is 0 Å². The van der Waals surface area contributed by atoms with E-state index in [4.69, 9.17) is 0 Å². The molecule has 3 saturated heterocycles. The number of hydrogen-bond donors (Lipinski definition) is 1. The Morgan fingerprint density at radius 2 is 1.82 bits per heavy atom. The van der Waals surface area contributed by atoms with Crippen molar-refractivity contribution in [2.24, 2.45) is 5.92 Å². The first-order chi connectivity index (χ1) is 13.0. The fourth-order valence-electron chi connectivity index (χ4n) is 4.63. The molecule has 1 amide bonds. The molecule has 7 nitrogen and oxygen atoms in total. The van der Waals surface area contributed by atoms with Crippen molar-refractivity contribution in [3.63, 3.8) is 0 Å². The van der Waals surface area contributed by atoms with Crippen LogP contribution in [0.1, 0.15) is 49.4 Å². The van der Waals surface area contributed by atoms with Crippen LogP contribution in [0, 0.1) is 16.0 Å². The van der Waals surface area contributed by atoms with Crippen LogP contribution in [0.4, 0.5) is 11.4 Å². The van der Waals surface area contributed by atoms with Crippen LogP contribution in [0.2, 0.25) is 0 Å². The molecule has 4 rings (SSSR count). The van der Waals surface area contributed by atoms with Crippen LogP contribution in [-0.4, -0.2) is 54.0 Å². The van der Waals surface area contributed by atoms with E-state index in [2.05, 4.69) is 17.1 Å². The molecule has 1 N–H and O–H groups in total. The molecule has 0 aromatic heterocycles. The highest BCUT2D eigenvalue weighted by molar-refractivity contribution is 5.96. The number of likely N-dealkylation sites (tertiary alicyclic amines) is 1. The van der Waals surface area contributed by atoms with Crippen molar-refractivity contribution in [1.82, 2.24) is 10.2 Å². The number of amides is 1. The van der Waals surface area contributed by atoms with E-state index in [1.54, 1.807) is 12.1 Å². The van der Waals surface area contributed by atoms with Gasteiger partial charge in [0, 0.05) is 49.9 Å². The lowest BCUT2D eigenvalue weighted by Gasteiger charge is -2.32. The summed E-state index contributed by atoms with van der Waals surface area (Å²) in [6.45, 7) is 5.28. The summed E-state index contributed by atoms with van der Waals surface area (Å²) in [5.74, 6) is 0.569. The highest BCUT2D eigenvalue weighted by atomic mass is 35.5. The van der Waals surface area contributed by atoms with E-state index in [0.717, 1.165) is 38.8 Å². The average molecular weight is 409 g/mol. The minimum absolute atomic E-state index is 0. The van der Waals surface area contributed by atoms with Crippen molar-refractivity contribution in [3.05, 3.63) is 33.9 Å². The van der Waals surface area contributed by atoms with Crippen molar-refractivity contribution in [2.75, 3.05) is 31.1 Å². The molecule has 2 atom stereocenters. The van der Waals surface area contributed by atoms with Crippen LogP contribution in [0.3, 0.4) is 0 Å². The van der Waals surface area contributed by atoms with Gasteiger partial charge in [-0.15, -0.1) is 12.4 Å². The SMILES string of the molecule is CC1CCN(c2ccc(C(=O)N3CCC4CCC(C3)N4)cc2[N+](=O)[O-])CC1.Cl. The van der Waals surface area contributed by atoms with Gasteiger partial charge in [-0.25, -0.2) is 0 Å². The third kappa shape index (κ3) is 4.25. The van der Waals surface area contributed by atoms with E-state index in [-0.39, 0.29) is 28.9 Å². The summed E-state index contributed by atoms with van der Waals surface area (Å²) in [6.07, 6.45) is 5.32. The number of halogens is 1. The molecule has 3 aliphatic rings. The van der Waals surface area contributed by atoms with Gasteiger partial charge in [-0.2, -0.15) is 0 Å². The molecule has 3 aliphatic heterocycles. The zero-order valence-electron chi connectivity index (χ0n) is 16.3. The van der Waals surface area contributed by atoms with Crippen molar-refractivity contribution < 1.29 is 9.72 Å². The van der Waals surface area contributed by atoms with E-state index in [9.17, 15) is 14.9 Å². The van der Waals surface area contributed by atoms with Crippen molar-refractivity contribution >= 4 is 29.7 Å². The number of rotatable bonds is 3. The summed E-state index contributed by atoms with van der Waals surface area (Å²) in [4.78, 5) is 28.3. The number of nitrogens with zero attached hydrogens (tertiary/aromatic N) is 3. The first kappa shape index (κ1) is 20.9. The van der Waals surface area contributed by atoms with Crippen LogP contribution in [0.15, 0.2) is 18.2 Å². The fraction of sp³-hybridized carbons (Fsp3) is 0.650. The molecule has 0 radical (unpaired) electrons. The minimum atomic E-state index is -0.351. The first-order valence-electron chi connectivity index (χ1n) is 10.1. The van der Waals surface area contributed by atoms with Gasteiger partial charge < -0.3 is 15.1 Å². The molecule has 3 fully saturated rings. The molecule has 0 spiro atoms. The monoisotopic (exact) mass is 408 g/mol. The zero-order valence-corrected chi connectivity index (χ0v) is 17.1. The van der Waals surface area contributed by atoms with Crippen LogP contribution < -0.4 is 10.2 Å². The molecule has 0 aliphatic carbocycles. The average Bonchev–Trinajstić information content (AvgIpc) is 3.00. The molecule has 1 aromatic rings. The molecule has 3 heterocycles. The van der Waals surface area contributed by atoms with E-state index in [1.165, 1.54) is 12.5 Å². The van der Waals surface area contributed by atoms with Crippen LogP contribution in [0.5, 0.6) is 0 Å². The maximum atomic E-state index is 13.0. The molecule has 2 bridgehead atoms. The number of fused-ring (bicyclic) bond motifs is 2. The number of carbonyl (C=O) groups excluding carboxylic acids is 1. The second kappa shape index (κ2) is 8.66. The van der Waals surface area contributed by atoms with Gasteiger partial charge >= 0.3 is 0 Å². The molecule has 154 valence electrons. The summed E-state index contributed by atoms with van der Waals surface area (Å²) < 4.78 is 0. The molecule has 2 unspecified atom stereocenters. The summed E-state index contributed by atoms with van der Waals surface area (Å²) in [6, 6.07) is 5.87. The zero-order chi connectivity index (χ0) is 19.0. The van der Waals surface area contributed by atoms with Gasteiger partial charge in [-0.3, -0.25) is 14.9 Å². The largest absolute Gasteiger partial charge is 0.366 e. The van der Waals surface area contributed by atoms with Crippen molar-refractivity contribution in [1.29, 1.82) is 0 Å². The third-order valence-electron chi connectivity index (χ3n) is 6.35. The van der Waals surface area contributed by atoms with Gasteiger partial charge in [0.2, 0.25) is 0 Å². The molecule has 8 heteroatoms. The number of piperidine rings is 1. The Labute approximate surface area is 172 Å². The Morgan fingerprint density at radius 3 is 2.54 bits per heavy atom. The van der Waals surface area contributed by atoms with E-state index in [1.807, 2.05) is 4.90 Å². The smallest absolute Gasteiger partial charge is 0.293 e. The van der Waals surface area contributed by atoms with Gasteiger partial charge in [0.1, 0.15) is 5.69 Å². The third-order valence-corrected chi connectivity index (χ3v) is 6.35.